The van der Waals surface area contributed by atoms with Crippen LogP contribution >= 0.6 is 0 Å². The molecule has 0 aromatic heterocycles. The molecule has 0 saturated carbocycles. The second-order valence-corrected chi connectivity index (χ2v) is 4.83. The number of halogens is 1. The average molecular weight is 238 g/mol. The molecule has 1 aliphatic heterocycles. The van der Waals surface area contributed by atoms with Crippen LogP contribution in [-0.2, 0) is 0 Å². The summed E-state index contributed by atoms with van der Waals surface area (Å²) in [5, 5.41) is 16.1. The van der Waals surface area contributed by atoms with Crippen LogP contribution in [0.25, 0.3) is 0 Å². The average Bonchev–Trinajstić information content (AvgIpc) is 2.29. The lowest BCUT2D eigenvalue weighted by atomic mass is 9.89. The first-order valence-corrected chi connectivity index (χ1v) is 6.01. The number of aryl methyl sites for hydroxylation is 1. The highest BCUT2D eigenvalue weighted by molar-refractivity contribution is 5.48. The zero-order valence-electron chi connectivity index (χ0n) is 10.1. The molecule has 0 aliphatic carbocycles. The van der Waals surface area contributed by atoms with Crippen molar-refractivity contribution in [1.29, 1.82) is 0 Å². The molecule has 17 heavy (non-hydrogen) atoms. The lowest BCUT2D eigenvalue weighted by molar-refractivity contribution is 0.179. The minimum Gasteiger partial charge on any atom is -0.394 e. The minimum absolute atomic E-state index is 0.0737. The third-order valence-electron chi connectivity index (χ3n) is 3.31. The number of anilines is 1. The number of aliphatic hydroxyl groups excluding tert-OH is 1. The van der Waals surface area contributed by atoms with Crippen LogP contribution in [-0.4, -0.2) is 30.3 Å². The summed E-state index contributed by atoms with van der Waals surface area (Å²) in [7, 11) is 0. The molecule has 3 nitrogen and oxygen atoms in total. The number of benzene rings is 1. The largest absolute Gasteiger partial charge is 0.394 e. The molecule has 94 valence electrons. The van der Waals surface area contributed by atoms with Gasteiger partial charge >= 0.3 is 0 Å². The van der Waals surface area contributed by atoms with Crippen molar-refractivity contribution in [2.75, 3.05) is 25.0 Å². The monoisotopic (exact) mass is 238 g/mol. The normalized spacial score (nSPS) is 19.0. The summed E-state index contributed by atoms with van der Waals surface area (Å²) < 4.78 is 13.3. The van der Waals surface area contributed by atoms with Crippen molar-refractivity contribution in [3.63, 3.8) is 0 Å². The summed E-state index contributed by atoms with van der Waals surface area (Å²) in [6, 6.07) is 4.88. The SMILES string of the molecule is Cc1cc(F)cc(NC2(CO)CCNCC2)c1. The smallest absolute Gasteiger partial charge is 0.125 e. The molecule has 1 fully saturated rings. The zero-order chi connectivity index (χ0) is 12.3. The van der Waals surface area contributed by atoms with Crippen molar-refractivity contribution in [3.8, 4) is 0 Å². The van der Waals surface area contributed by atoms with Crippen LogP contribution < -0.4 is 10.6 Å². The number of rotatable bonds is 3. The van der Waals surface area contributed by atoms with Gasteiger partial charge in [0.2, 0.25) is 0 Å². The molecule has 0 unspecified atom stereocenters. The zero-order valence-corrected chi connectivity index (χ0v) is 10.1. The highest BCUT2D eigenvalue weighted by Gasteiger charge is 2.31. The Morgan fingerprint density at radius 1 is 1.35 bits per heavy atom. The Morgan fingerprint density at radius 2 is 2.06 bits per heavy atom. The fourth-order valence-electron chi connectivity index (χ4n) is 2.34. The molecule has 1 aliphatic rings. The number of hydrogen-bond donors (Lipinski definition) is 3. The van der Waals surface area contributed by atoms with Gasteiger partial charge in [0, 0.05) is 5.69 Å². The molecular formula is C13H19FN2O. The highest BCUT2D eigenvalue weighted by Crippen LogP contribution is 2.25. The lowest BCUT2D eigenvalue weighted by Gasteiger charge is -2.37. The second-order valence-electron chi connectivity index (χ2n) is 4.83. The molecule has 1 heterocycles. The quantitative estimate of drug-likeness (QED) is 0.750. The standard InChI is InChI=1S/C13H19FN2O/c1-10-6-11(14)8-12(7-10)16-13(9-17)2-4-15-5-3-13/h6-8,15-17H,2-5,9H2,1H3. The molecule has 1 aromatic carbocycles. The van der Waals surface area contributed by atoms with Crippen LogP contribution in [0.3, 0.4) is 0 Å². The Morgan fingerprint density at radius 3 is 2.65 bits per heavy atom. The van der Waals surface area contributed by atoms with E-state index >= 15 is 0 Å². The van der Waals surface area contributed by atoms with Crippen LogP contribution in [0.2, 0.25) is 0 Å². The van der Waals surface area contributed by atoms with Gasteiger partial charge in [-0.05, 0) is 56.6 Å². The van der Waals surface area contributed by atoms with Gasteiger partial charge < -0.3 is 15.7 Å². The summed E-state index contributed by atoms with van der Waals surface area (Å²) in [4.78, 5) is 0. The van der Waals surface area contributed by atoms with Gasteiger partial charge in [0.15, 0.2) is 0 Å². The molecule has 0 spiro atoms. The lowest BCUT2D eigenvalue weighted by Crippen LogP contribution is -2.50. The van der Waals surface area contributed by atoms with E-state index in [4.69, 9.17) is 0 Å². The first-order chi connectivity index (χ1) is 8.13. The van der Waals surface area contributed by atoms with Gasteiger partial charge in [0.1, 0.15) is 5.82 Å². The van der Waals surface area contributed by atoms with E-state index in [1.54, 1.807) is 0 Å². The molecule has 4 heteroatoms. The summed E-state index contributed by atoms with van der Waals surface area (Å²) in [5.74, 6) is -0.241. The maximum absolute atomic E-state index is 13.3. The molecule has 2 rings (SSSR count). The van der Waals surface area contributed by atoms with E-state index in [0.29, 0.717) is 0 Å². The maximum Gasteiger partial charge on any atom is 0.125 e. The van der Waals surface area contributed by atoms with E-state index in [1.165, 1.54) is 12.1 Å². The molecule has 0 amide bonds. The first kappa shape index (κ1) is 12.3. The van der Waals surface area contributed by atoms with E-state index in [-0.39, 0.29) is 18.0 Å². The summed E-state index contributed by atoms with van der Waals surface area (Å²) >= 11 is 0. The van der Waals surface area contributed by atoms with Crippen molar-refractivity contribution in [2.24, 2.45) is 0 Å². The van der Waals surface area contributed by atoms with E-state index in [2.05, 4.69) is 10.6 Å². The molecule has 0 radical (unpaired) electrons. The van der Waals surface area contributed by atoms with Gasteiger partial charge in [-0.3, -0.25) is 0 Å². The van der Waals surface area contributed by atoms with Crippen molar-refractivity contribution in [3.05, 3.63) is 29.6 Å². The van der Waals surface area contributed by atoms with Gasteiger partial charge in [-0.1, -0.05) is 0 Å². The van der Waals surface area contributed by atoms with Crippen LogP contribution in [0.4, 0.5) is 10.1 Å². The Labute approximate surface area is 101 Å². The topological polar surface area (TPSA) is 44.3 Å². The summed E-state index contributed by atoms with van der Waals surface area (Å²) in [6.07, 6.45) is 1.69. The number of piperidine rings is 1. The van der Waals surface area contributed by atoms with Crippen LogP contribution in [0.5, 0.6) is 0 Å². The third kappa shape index (κ3) is 2.96. The Bertz CT molecular complexity index is 369. The predicted molar refractivity (Wildman–Crippen MR) is 66.7 cm³/mol. The van der Waals surface area contributed by atoms with Gasteiger partial charge in [0.05, 0.1) is 12.1 Å². The summed E-state index contributed by atoms with van der Waals surface area (Å²) in [5.41, 5.74) is 1.32. The fourth-order valence-corrected chi connectivity index (χ4v) is 2.34. The van der Waals surface area contributed by atoms with Crippen LogP contribution in [0, 0.1) is 12.7 Å². The van der Waals surface area contributed by atoms with Crippen LogP contribution in [0.1, 0.15) is 18.4 Å². The van der Waals surface area contributed by atoms with E-state index in [9.17, 15) is 9.50 Å². The van der Waals surface area contributed by atoms with Gasteiger partial charge in [0.25, 0.3) is 0 Å². The van der Waals surface area contributed by atoms with Gasteiger partial charge in [-0.15, -0.1) is 0 Å². The molecular weight excluding hydrogens is 219 g/mol. The van der Waals surface area contributed by atoms with E-state index in [1.807, 2.05) is 13.0 Å². The fraction of sp³-hybridized carbons (Fsp3) is 0.538. The maximum atomic E-state index is 13.3. The Balaban J connectivity index is 2.17. The molecule has 0 atom stereocenters. The van der Waals surface area contributed by atoms with Crippen molar-refractivity contribution in [2.45, 2.75) is 25.3 Å². The Kier molecular flexibility index (Phi) is 3.64. The molecule has 1 saturated heterocycles. The second kappa shape index (κ2) is 5.02. The number of aliphatic hydroxyl groups is 1. The summed E-state index contributed by atoms with van der Waals surface area (Å²) in [6.45, 7) is 3.69. The van der Waals surface area contributed by atoms with Crippen molar-refractivity contribution >= 4 is 5.69 Å². The van der Waals surface area contributed by atoms with Gasteiger partial charge in [-0.2, -0.15) is 0 Å². The van der Waals surface area contributed by atoms with Gasteiger partial charge in [-0.25, -0.2) is 4.39 Å². The first-order valence-electron chi connectivity index (χ1n) is 6.01. The third-order valence-corrected chi connectivity index (χ3v) is 3.31. The molecule has 3 N–H and O–H groups in total. The van der Waals surface area contributed by atoms with E-state index in [0.717, 1.165) is 37.2 Å². The van der Waals surface area contributed by atoms with Crippen molar-refractivity contribution < 1.29 is 9.50 Å². The predicted octanol–water partition coefficient (Wildman–Crippen LogP) is 1.66. The highest BCUT2D eigenvalue weighted by atomic mass is 19.1. The van der Waals surface area contributed by atoms with Crippen molar-refractivity contribution in [1.82, 2.24) is 5.32 Å². The minimum atomic E-state index is -0.314. The number of nitrogens with one attached hydrogen (secondary N) is 2. The molecule has 1 aromatic rings. The number of hydrogen-bond acceptors (Lipinski definition) is 3. The molecule has 0 bridgehead atoms. The van der Waals surface area contributed by atoms with Crippen LogP contribution in [0.15, 0.2) is 18.2 Å². The Hall–Kier alpha value is -1.13. The van der Waals surface area contributed by atoms with E-state index < -0.39 is 0 Å².